The van der Waals surface area contributed by atoms with E-state index in [-0.39, 0.29) is 44.2 Å². The summed E-state index contributed by atoms with van der Waals surface area (Å²) in [7, 11) is 4.14. The van der Waals surface area contributed by atoms with Crippen molar-refractivity contribution >= 4 is 40.7 Å². The standard InChI is InChI=1S/C35H32Cl2F2N6O5/c1-17(46)44-13-35(14-44)15-45(16-35)25-10-5-18-11-24(41-32(50-4)26(18)25)19-6-7-21(38)27(29(19)36)28-22(39)8-9-23(30(28)37)40-31(47)20-12-42(2)34(49)43(3)33(20)48/h6-9,11-12,25H,5,10,13-16H2,1-4H3,(H,40,47). The van der Waals surface area contributed by atoms with Gasteiger partial charge < -0.3 is 19.5 Å². The lowest BCUT2D eigenvalue weighted by Gasteiger charge is -2.61. The number of nitrogens with one attached hydrogen (secondary N) is 1. The molecule has 0 saturated carbocycles. The van der Waals surface area contributed by atoms with E-state index in [1.165, 1.54) is 33.3 Å². The molecule has 1 aliphatic carbocycles. The summed E-state index contributed by atoms with van der Waals surface area (Å²) in [5, 5.41) is 1.95. The Hall–Kier alpha value is -4.59. The van der Waals surface area contributed by atoms with Gasteiger partial charge in [0.2, 0.25) is 11.8 Å². The molecule has 2 amide bonds. The number of pyridine rings is 1. The van der Waals surface area contributed by atoms with Gasteiger partial charge in [-0.05, 0) is 48.7 Å². The monoisotopic (exact) mass is 724 g/mol. The largest absolute Gasteiger partial charge is 0.481 e. The third-order valence-corrected chi connectivity index (χ3v) is 10.8. The maximum absolute atomic E-state index is 15.6. The fourth-order valence-electron chi connectivity index (χ4n) is 7.47. The lowest BCUT2D eigenvalue weighted by Crippen LogP contribution is -2.72. The molecule has 4 aromatic rings. The molecular formula is C35H32Cl2F2N6O5. The molecule has 0 radical (unpaired) electrons. The Labute approximate surface area is 295 Å². The van der Waals surface area contributed by atoms with Gasteiger partial charge in [0.15, 0.2) is 0 Å². The minimum atomic E-state index is -0.909. The van der Waals surface area contributed by atoms with E-state index in [1.807, 2.05) is 11.0 Å². The zero-order chi connectivity index (χ0) is 35.8. The van der Waals surface area contributed by atoms with Gasteiger partial charge in [0.1, 0.15) is 17.2 Å². The summed E-state index contributed by atoms with van der Waals surface area (Å²) in [5.74, 6) is -2.17. The number of halogens is 4. The van der Waals surface area contributed by atoms with Crippen LogP contribution in [0.1, 0.15) is 40.9 Å². The lowest BCUT2D eigenvalue weighted by atomic mass is 9.72. The molecule has 0 bridgehead atoms. The minimum absolute atomic E-state index is 0.0945. The van der Waals surface area contributed by atoms with Gasteiger partial charge in [0, 0.05) is 87.1 Å². The quantitative estimate of drug-likeness (QED) is 0.303. The summed E-state index contributed by atoms with van der Waals surface area (Å²) in [6.45, 7) is 4.90. The number of hydrogen-bond acceptors (Lipinski definition) is 7. The predicted molar refractivity (Wildman–Crippen MR) is 184 cm³/mol. The van der Waals surface area contributed by atoms with Crippen LogP contribution < -0.4 is 21.3 Å². The van der Waals surface area contributed by atoms with Crippen molar-refractivity contribution in [2.24, 2.45) is 19.5 Å². The van der Waals surface area contributed by atoms with Crippen LogP contribution in [-0.4, -0.2) is 69.0 Å². The topological polar surface area (TPSA) is 119 Å². The summed E-state index contributed by atoms with van der Waals surface area (Å²) in [6, 6.07) is 6.75. The van der Waals surface area contributed by atoms with Crippen molar-refractivity contribution in [1.29, 1.82) is 0 Å². The summed E-state index contributed by atoms with van der Waals surface area (Å²) in [6.07, 6.45) is 2.69. The average Bonchev–Trinajstić information content (AvgIpc) is 3.46. The maximum atomic E-state index is 15.6. The van der Waals surface area contributed by atoms with Crippen LogP contribution in [0.4, 0.5) is 14.5 Å². The summed E-state index contributed by atoms with van der Waals surface area (Å²) < 4.78 is 38.7. The molecule has 2 fully saturated rings. The molecule has 1 spiro atoms. The van der Waals surface area contributed by atoms with Gasteiger partial charge in [-0.1, -0.05) is 23.2 Å². The van der Waals surface area contributed by atoms with Crippen molar-refractivity contribution < 1.29 is 23.1 Å². The number of hydrogen-bond donors (Lipinski definition) is 1. The number of benzene rings is 2. The van der Waals surface area contributed by atoms with Crippen LogP contribution in [0.5, 0.6) is 5.88 Å². The number of rotatable bonds is 6. The number of fused-ring (bicyclic) bond motifs is 1. The number of likely N-dealkylation sites (tertiary alicyclic amines) is 2. The molecule has 260 valence electrons. The van der Waals surface area contributed by atoms with Gasteiger partial charge in [-0.2, -0.15) is 0 Å². The van der Waals surface area contributed by atoms with Crippen molar-refractivity contribution in [3.8, 4) is 28.3 Å². The first-order valence-corrected chi connectivity index (χ1v) is 16.6. The lowest BCUT2D eigenvalue weighted by molar-refractivity contribution is -0.161. The number of carbonyl (C=O) groups is 2. The van der Waals surface area contributed by atoms with Gasteiger partial charge in [-0.15, -0.1) is 0 Å². The second kappa shape index (κ2) is 12.3. The molecule has 2 saturated heterocycles. The smallest absolute Gasteiger partial charge is 0.330 e. The number of carbonyl (C=O) groups excluding carboxylic acids is 2. The van der Waals surface area contributed by atoms with Crippen LogP contribution in [0.25, 0.3) is 22.4 Å². The van der Waals surface area contributed by atoms with Gasteiger partial charge in [0.05, 0.1) is 28.5 Å². The normalized spacial score (nSPS) is 17.7. The molecule has 4 heterocycles. The van der Waals surface area contributed by atoms with E-state index in [1.54, 1.807) is 6.92 Å². The van der Waals surface area contributed by atoms with Crippen molar-refractivity contribution in [2.75, 3.05) is 38.6 Å². The number of ether oxygens (including phenoxy) is 1. The zero-order valence-corrected chi connectivity index (χ0v) is 29.1. The number of methoxy groups -OCH3 is 1. The second-order valence-electron chi connectivity index (χ2n) is 13.2. The van der Waals surface area contributed by atoms with E-state index < -0.39 is 34.4 Å². The maximum Gasteiger partial charge on any atom is 0.330 e. The molecule has 7 rings (SSSR count). The van der Waals surface area contributed by atoms with Gasteiger partial charge >= 0.3 is 5.69 Å². The van der Waals surface area contributed by atoms with Crippen LogP contribution in [0.15, 0.2) is 46.1 Å². The van der Waals surface area contributed by atoms with Crippen LogP contribution in [0.3, 0.4) is 0 Å². The number of aromatic nitrogens is 3. The Morgan fingerprint density at radius 1 is 1.00 bits per heavy atom. The molecule has 3 aliphatic rings. The third-order valence-electron chi connectivity index (χ3n) is 9.99. The van der Waals surface area contributed by atoms with Gasteiger partial charge in [0.25, 0.3) is 11.5 Å². The summed E-state index contributed by atoms with van der Waals surface area (Å²) >= 11 is 13.5. The molecule has 2 aromatic heterocycles. The Kier molecular flexibility index (Phi) is 8.35. The number of amides is 2. The van der Waals surface area contributed by atoms with Gasteiger partial charge in [-0.3, -0.25) is 23.9 Å². The van der Waals surface area contributed by atoms with Crippen molar-refractivity contribution in [1.82, 2.24) is 23.9 Å². The number of anilines is 1. The highest BCUT2D eigenvalue weighted by Gasteiger charge is 2.55. The Balaban J connectivity index is 1.21. The van der Waals surface area contributed by atoms with E-state index >= 15 is 8.78 Å². The fraction of sp³-hybridized carbons (Fsp3) is 0.343. The number of nitrogens with zero attached hydrogens (tertiary/aromatic N) is 5. The van der Waals surface area contributed by atoms with E-state index in [4.69, 9.17) is 32.9 Å². The third kappa shape index (κ3) is 5.39. The van der Waals surface area contributed by atoms with Gasteiger partial charge in [-0.25, -0.2) is 18.6 Å². The molecule has 1 N–H and O–H groups in total. The first-order chi connectivity index (χ1) is 23.7. The summed E-state index contributed by atoms with van der Waals surface area (Å²) in [4.78, 5) is 58.5. The van der Waals surface area contributed by atoms with E-state index in [9.17, 15) is 19.2 Å². The predicted octanol–water partition coefficient (Wildman–Crippen LogP) is 4.81. The first-order valence-electron chi connectivity index (χ1n) is 15.9. The van der Waals surface area contributed by atoms with Crippen molar-refractivity contribution in [3.05, 3.63) is 95.7 Å². The second-order valence-corrected chi connectivity index (χ2v) is 14.0. The SMILES string of the molecule is COc1nc(-c2ccc(F)c(-c3c(F)ccc(NC(=O)c4cn(C)c(=O)n(C)c4=O)c3Cl)c2Cl)cc2c1C(N1CC3(CN(C(C)=O)C3)C1)CC2. The van der Waals surface area contributed by atoms with Crippen LogP contribution in [0.2, 0.25) is 10.0 Å². The van der Waals surface area contributed by atoms with Crippen molar-refractivity contribution in [3.63, 3.8) is 0 Å². The van der Waals surface area contributed by atoms with Crippen molar-refractivity contribution in [2.45, 2.75) is 25.8 Å². The molecular weight excluding hydrogens is 693 g/mol. The molecule has 1 atom stereocenters. The van der Waals surface area contributed by atoms with E-state index in [0.29, 0.717) is 17.1 Å². The molecule has 11 nitrogen and oxygen atoms in total. The molecule has 2 aromatic carbocycles. The van der Waals surface area contributed by atoms with Crippen LogP contribution in [0, 0.1) is 17.0 Å². The Morgan fingerprint density at radius 2 is 1.66 bits per heavy atom. The zero-order valence-electron chi connectivity index (χ0n) is 27.6. The minimum Gasteiger partial charge on any atom is -0.481 e. The highest BCUT2D eigenvalue weighted by Crippen LogP contribution is 2.50. The van der Waals surface area contributed by atoms with E-state index in [0.717, 1.165) is 77.6 Å². The fourth-order valence-corrected chi connectivity index (χ4v) is 8.11. The molecule has 15 heteroatoms. The highest BCUT2D eigenvalue weighted by atomic mass is 35.5. The highest BCUT2D eigenvalue weighted by molar-refractivity contribution is 6.39. The van der Waals surface area contributed by atoms with Crippen LogP contribution >= 0.6 is 23.2 Å². The molecule has 2 aliphatic heterocycles. The van der Waals surface area contributed by atoms with Crippen LogP contribution in [-0.2, 0) is 25.3 Å². The molecule has 50 heavy (non-hydrogen) atoms. The Morgan fingerprint density at radius 3 is 2.32 bits per heavy atom. The number of aryl methyl sites for hydroxylation is 2. The average molecular weight is 726 g/mol. The first kappa shape index (κ1) is 33.9. The molecule has 1 unspecified atom stereocenters. The van der Waals surface area contributed by atoms with E-state index in [2.05, 4.69) is 10.2 Å². The Bertz CT molecular complexity index is 2240. The summed E-state index contributed by atoms with van der Waals surface area (Å²) in [5.41, 5.74) is 0.153.